The number of carbonyl (C=O) groups is 1. The lowest BCUT2D eigenvalue weighted by atomic mass is 10.2. The summed E-state index contributed by atoms with van der Waals surface area (Å²) < 4.78 is 1.23. The van der Waals surface area contributed by atoms with Gasteiger partial charge in [-0.25, -0.2) is 4.79 Å². The number of carboxylic acid groups (broad SMARTS) is 1. The van der Waals surface area contributed by atoms with Crippen LogP contribution in [0, 0.1) is 0 Å². The van der Waals surface area contributed by atoms with Crippen LogP contribution in [0.5, 0.6) is 5.75 Å². The van der Waals surface area contributed by atoms with Gasteiger partial charge in [0.25, 0.3) is 0 Å². The topological polar surface area (TPSA) is 57.5 Å². The minimum absolute atomic E-state index is 0.116. The highest BCUT2D eigenvalue weighted by molar-refractivity contribution is 7.83. The molecule has 0 bridgehead atoms. The van der Waals surface area contributed by atoms with E-state index in [-0.39, 0.29) is 11.3 Å². The molecule has 14 heavy (non-hydrogen) atoms. The fourth-order valence-electron chi connectivity index (χ4n) is 1.20. The fraction of sp³-hybridized carbons (Fsp3) is 0. The molecule has 3 nitrogen and oxygen atoms in total. The number of carboxylic acids is 1. The van der Waals surface area contributed by atoms with E-state index in [2.05, 4.69) is 12.6 Å². The molecule has 0 fully saturated rings. The van der Waals surface area contributed by atoms with E-state index in [9.17, 15) is 9.90 Å². The average Bonchev–Trinajstić information content (AvgIpc) is 2.42. The monoisotopic (exact) mass is 226 g/mol. The first-order valence-electron chi connectivity index (χ1n) is 3.77. The van der Waals surface area contributed by atoms with Gasteiger partial charge in [0.15, 0.2) is 0 Å². The van der Waals surface area contributed by atoms with Crippen molar-refractivity contribution in [2.45, 2.75) is 4.21 Å². The number of aromatic hydroxyl groups is 1. The summed E-state index contributed by atoms with van der Waals surface area (Å²) in [6, 6.07) is 4.58. The molecule has 2 aromatic rings. The van der Waals surface area contributed by atoms with Gasteiger partial charge in [-0.2, -0.15) is 0 Å². The maximum absolute atomic E-state index is 10.7. The molecule has 0 atom stereocenters. The van der Waals surface area contributed by atoms with Crippen molar-refractivity contribution < 1.29 is 15.0 Å². The Balaban J connectivity index is 2.73. The van der Waals surface area contributed by atoms with E-state index in [1.165, 1.54) is 23.5 Å². The highest BCUT2D eigenvalue weighted by atomic mass is 32.2. The highest BCUT2D eigenvalue weighted by Crippen LogP contribution is 2.39. The van der Waals surface area contributed by atoms with E-state index in [1.54, 1.807) is 6.07 Å². The molecule has 0 amide bonds. The zero-order valence-electron chi connectivity index (χ0n) is 6.89. The second-order valence-electron chi connectivity index (χ2n) is 2.77. The molecule has 1 aromatic carbocycles. The van der Waals surface area contributed by atoms with Crippen molar-refractivity contribution in [3.63, 3.8) is 0 Å². The van der Waals surface area contributed by atoms with E-state index in [1.807, 2.05) is 0 Å². The van der Waals surface area contributed by atoms with E-state index >= 15 is 0 Å². The lowest BCUT2D eigenvalue weighted by Gasteiger charge is -1.94. The maximum atomic E-state index is 10.7. The molecule has 1 heterocycles. The Kier molecular flexibility index (Phi) is 2.13. The normalized spacial score (nSPS) is 10.6. The van der Waals surface area contributed by atoms with Crippen LogP contribution >= 0.6 is 24.0 Å². The number of aromatic carboxylic acids is 1. The summed E-state index contributed by atoms with van der Waals surface area (Å²) >= 11 is 5.32. The smallest absolute Gasteiger partial charge is 0.335 e. The van der Waals surface area contributed by atoms with Gasteiger partial charge in [0.2, 0.25) is 0 Å². The Labute approximate surface area is 89.0 Å². The predicted octanol–water partition coefficient (Wildman–Crippen LogP) is 2.59. The number of rotatable bonds is 1. The molecule has 0 aliphatic carbocycles. The summed E-state index contributed by atoms with van der Waals surface area (Å²) in [7, 11) is 0. The van der Waals surface area contributed by atoms with E-state index < -0.39 is 5.97 Å². The first-order chi connectivity index (χ1) is 6.59. The van der Waals surface area contributed by atoms with Gasteiger partial charge < -0.3 is 10.2 Å². The molecule has 0 spiro atoms. The van der Waals surface area contributed by atoms with Gasteiger partial charge in [-0.1, -0.05) is 0 Å². The maximum Gasteiger partial charge on any atom is 0.335 e. The predicted molar refractivity (Wildman–Crippen MR) is 57.7 cm³/mol. The lowest BCUT2D eigenvalue weighted by molar-refractivity contribution is 0.0697. The summed E-state index contributed by atoms with van der Waals surface area (Å²) in [5.41, 5.74) is 0.215. The van der Waals surface area contributed by atoms with E-state index in [4.69, 9.17) is 5.11 Å². The zero-order valence-corrected chi connectivity index (χ0v) is 8.60. The second-order valence-corrected chi connectivity index (χ2v) is 4.57. The van der Waals surface area contributed by atoms with Crippen LogP contribution in [-0.4, -0.2) is 16.2 Å². The Morgan fingerprint density at radius 1 is 1.43 bits per heavy atom. The van der Waals surface area contributed by atoms with Gasteiger partial charge in [0, 0.05) is 10.1 Å². The van der Waals surface area contributed by atoms with Crippen molar-refractivity contribution in [3.8, 4) is 5.75 Å². The standard InChI is InChI=1S/C9H6O3S2/c10-7-5-2-1-4(8(11)12)3-6(5)14-9(7)13/h1-3,10,13H,(H,11,12). The van der Waals surface area contributed by atoms with Crippen molar-refractivity contribution in [1.82, 2.24) is 0 Å². The van der Waals surface area contributed by atoms with Crippen molar-refractivity contribution in [3.05, 3.63) is 23.8 Å². The van der Waals surface area contributed by atoms with Gasteiger partial charge in [0.05, 0.1) is 9.77 Å². The summed E-state index contributed by atoms with van der Waals surface area (Å²) in [6.07, 6.45) is 0. The largest absolute Gasteiger partial charge is 0.505 e. The van der Waals surface area contributed by atoms with Crippen molar-refractivity contribution >= 4 is 40.0 Å². The van der Waals surface area contributed by atoms with Crippen molar-refractivity contribution in [2.24, 2.45) is 0 Å². The number of fused-ring (bicyclic) bond motifs is 1. The number of thiophene rings is 1. The first-order valence-corrected chi connectivity index (χ1v) is 5.03. The summed E-state index contributed by atoms with van der Waals surface area (Å²) in [6.45, 7) is 0. The Morgan fingerprint density at radius 3 is 2.79 bits per heavy atom. The Morgan fingerprint density at radius 2 is 2.14 bits per heavy atom. The SMILES string of the molecule is O=C(O)c1ccc2c(O)c(S)sc2c1. The highest BCUT2D eigenvalue weighted by Gasteiger charge is 2.10. The number of benzene rings is 1. The van der Waals surface area contributed by atoms with Crippen LogP contribution in [0.4, 0.5) is 0 Å². The molecule has 72 valence electrons. The van der Waals surface area contributed by atoms with Gasteiger partial charge in [0.1, 0.15) is 5.75 Å². The molecule has 0 aliphatic heterocycles. The van der Waals surface area contributed by atoms with Crippen LogP contribution in [0.15, 0.2) is 22.4 Å². The van der Waals surface area contributed by atoms with E-state index in [0.29, 0.717) is 9.60 Å². The fourth-order valence-corrected chi connectivity index (χ4v) is 2.49. The lowest BCUT2D eigenvalue weighted by Crippen LogP contribution is -1.94. The number of hydrogen-bond acceptors (Lipinski definition) is 4. The molecule has 1 aromatic heterocycles. The first kappa shape index (κ1) is 9.36. The van der Waals surface area contributed by atoms with Crippen molar-refractivity contribution in [2.75, 3.05) is 0 Å². The average molecular weight is 226 g/mol. The third-order valence-corrected chi connectivity index (χ3v) is 3.32. The van der Waals surface area contributed by atoms with Crippen LogP contribution in [0.1, 0.15) is 10.4 Å². The molecule has 0 radical (unpaired) electrons. The summed E-state index contributed by atoms with van der Waals surface area (Å²) in [5.74, 6) is -0.856. The molecule has 2 rings (SSSR count). The van der Waals surface area contributed by atoms with Crippen LogP contribution in [0.2, 0.25) is 0 Å². The quantitative estimate of drug-likeness (QED) is 0.655. The second kappa shape index (κ2) is 3.18. The van der Waals surface area contributed by atoms with Gasteiger partial charge in [-0.15, -0.1) is 24.0 Å². The van der Waals surface area contributed by atoms with Crippen LogP contribution in [-0.2, 0) is 0 Å². The third-order valence-electron chi connectivity index (χ3n) is 1.89. The summed E-state index contributed by atoms with van der Waals surface area (Å²) in [5, 5.41) is 18.9. The minimum atomic E-state index is -0.972. The molecule has 2 N–H and O–H groups in total. The van der Waals surface area contributed by atoms with Gasteiger partial charge >= 0.3 is 5.97 Å². The minimum Gasteiger partial charge on any atom is -0.505 e. The molecule has 5 heteroatoms. The molecule has 0 aliphatic rings. The number of thiol groups is 1. The summed E-state index contributed by atoms with van der Waals surface area (Å²) in [4.78, 5) is 10.7. The van der Waals surface area contributed by atoms with Crippen molar-refractivity contribution in [1.29, 1.82) is 0 Å². The van der Waals surface area contributed by atoms with E-state index in [0.717, 1.165) is 4.70 Å². The molecular weight excluding hydrogens is 220 g/mol. The van der Waals surface area contributed by atoms with Crippen LogP contribution in [0.3, 0.4) is 0 Å². The zero-order chi connectivity index (χ0) is 10.3. The number of hydrogen-bond donors (Lipinski definition) is 3. The van der Waals surface area contributed by atoms with Crippen LogP contribution in [0.25, 0.3) is 10.1 Å². The third kappa shape index (κ3) is 1.34. The van der Waals surface area contributed by atoms with Crippen LogP contribution < -0.4 is 0 Å². The Bertz CT molecular complexity index is 516. The molecule has 0 saturated heterocycles. The molecule has 0 saturated carbocycles. The Hall–Kier alpha value is -1.20. The molecular formula is C9H6O3S2. The van der Waals surface area contributed by atoms with Gasteiger partial charge in [-0.3, -0.25) is 0 Å². The molecule has 0 unspecified atom stereocenters. The van der Waals surface area contributed by atoms with Gasteiger partial charge in [-0.05, 0) is 18.2 Å².